The molecule has 0 aliphatic rings. The van der Waals surface area contributed by atoms with Crippen molar-refractivity contribution in [3.8, 4) is 0 Å². The monoisotopic (exact) mass is 283 g/mol. The molecular formula is C15H25NO2S. The van der Waals surface area contributed by atoms with Gasteiger partial charge in [-0.3, -0.25) is 0 Å². The predicted molar refractivity (Wildman–Crippen MR) is 81.1 cm³/mol. The van der Waals surface area contributed by atoms with Crippen LogP contribution >= 0.6 is 0 Å². The smallest absolute Gasteiger partial charge is 0.147 e. The molecule has 0 aliphatic heterocycles. The SMILES string of the molecule is CCCNCC(CCS(C)(=O)=O)Cc1ccccc1. The molecule has 0 bridgehead atoms. The quantitative estimate of drug-likeness (QED) is 0.707. The van der Waals surface area contributed by atoms with Crippen molar-refractivity contribution in [1.29, 1.82) is 0 Å². The first-order valence-electron chi connectivity index (χ1n) is 6.93. The van der Waals surface area contributed by atoms with Gasteiger partial charge in [0.2, 0.25) is 0 Å². The van der Waals surface area contributed by atoms with Gasteiger partial charge in [-0.25, -0.2) is 8.42 Å². The first kappa shape index (κ1) is 16.2. The summed E-state index contributed by atoms with van der Waals surface area (Å²) >= 11 is 0. The Morgan fingerprint density at radius 1 is 1.21 bits per heavy atom. The van der Waals surface area contributed by atoms with Crippen molar-refractivity contribution >= 4 is 9.84 Å². The van der Waals surface area contributed by atoms with Gasteiger partial charge in [0.05, 0.1) is 5.75 Å². The highest BCUT2D eigenvalue weighted by Gasteiger charge is 2.12. The predicted octanol–water partition coefficient (Wildman–Crippen LogP) is 2.28. The molecule has 0 spiro atoms. The number of hydrogen-bond donors (Lipinski definition) is 1. The van der Waals surface area contributed by atoms with Crippen molar-refractivity contribution in [2.45, 2.75) is 26.2 Å². The minimum atomic E-state index is -2.87. The van der Waals surface area contributed by atoms with Gasteiger partial charge in [0, 0.05) is 6.26 Å². The maximum absolute atomic E-state index is 11.3. The second-order valence-electron chi connectivity index (χ2n) is 5.18. The Balaban J connectivity index is 2.53. The average molecular weight is 283 g/mol. The van der Waals surface area contributed by atoms with Gasteiger partial charge in [0.1, 0.15) is 9.84 Å². The molecule has 0 aromatic heterocycles. The van der Waals surface area contributed by atoms with Gasteiger partial charge in [-0.15, -0.1) is 0 Å². The Hall–Kier alpha value is -0.870. The fourth-order valence-electron chi connectivity index (χ4n) is 2.09. The highest BCUT2D eigenvalue weighted by molar-refractivity contribution is 7.90. The third-order valence-corrected chi connectivity index (χ3v) is 4.10. The van der Waals surface area contributed by atoms with Gasteiger partial charge in [-0.05, 0) is 43.8 Å². The molecule has 0 heterocycles. The van der Waals surface area contributed by atoms with Crippen LogP contribution in [-0.4, -0.2) is 33.5 Å². The van der Waals surface area contributed by atoms with Crippen molar-refractivity contribution in [1.82, 2.24) is 5.32 Å². The van der Waals surface area contributed by atoms with E-state index in [-0.39, 0.29) is 5.75 Å². The van der Waals surface area contributed by atoms with Gasteiger partial charge in [-0.1, -0.05) is 37.3 Å². The van der Waals surface area contributed by atoms with Crippen LogP contribution in [0.2, 0.25) is 0 Å². The Kier molecular flexibility index (Phi) is 7.10. The average Bonchev–Trinajstić information content (AvgIpc) is 2.36. The standard InChI is InChI=1S/C15H25NO2S/c1-3-10-16-13-15(9-11-19(2,17)18)12-14-7-5-4-6-8-14/h4-8,15-16H,3,9-13H2,1-2H3. The Morgan fingerprint density at radius 3 is 2.47 bits per heavy atom. The first-order valence-corrected chi connectivity index (χ1v) is 8.99. The van der Waals surface area contributed by atoms with E-state index in [0.29, 0.717) is 5.92 Å². The van der Waals surface area contributed by atoms with Gasteiger partial charge in [-0.2, -0.15) is 0 Å². The van der Waals surface area contributed by atoms with Gasteiger partial charge < -0.3 is 5.32 Å². The number of nitrogens with one attached hydrogen (secondary N) is 1. The summed E-state index contributed by atoms with van der Waals surface area (Å²) in [5.74, 6) is 0.654. The molecular weight excluding hydrogens is 258 g/mol. The van der Waals surface area contributed by atoms with Crippen LogP contribution in [-0.2, 0) is 16.3 Å². The second-order valence-corrected chi connectivity index (χ2v) is 7.44. The summed E-state index contributed by atoms with van der Waals surface area (Å²) in [6.07, 6.45) is 4.08. The molecule has 4 heteroatoms. The van der Waals surface area contributed by atoms with E-state index in [2.05, 4.69) is 24.4 Å². The lowest BCUT2D eigenvalue weighted by Gasteiger charge is -2.17. The molecule has 3 nitrogen and oxygen atoms in total. The van der Waals surface area contributed by atoms with Crippen LogP contribution in [0.4, 0.5) is 0 Å². The molecule has 0 radical (unpaired) electrons. The largest absolute Gasteiger partial charge is 0.316 e. The van der Waals surface area contributed by atoms with Crippen molar-refractivity contribution in [2.24, 2.45) is 5.92 Å². The minimum absolute atomic E-state index is 0.276. The molecule has 1 atom stereocenters. The fraction of sp³-hybridized carbons (Fsp3) is 0.600. The summed E-state index contributed by atoms with van der Waals surface area (Å²) in [6, 6.07) is 10.3. The molecule has 0 saturated carbocycles. The number of sulfone groups is 1. The highest BCUT2D eigenvalue weighted by atomic mass is 32.2. The van der Waals surface area contributed by atoms with Crippen molar-refractivity contribution < 1.29 is 8.42 Å². The molecule has 1 aromatic carbocycles. The Morgan fingerprint density at radius 2 is 1.89 bits per heavy atom. The lowest BCUT2D eigenvalue weighted by Crippen LogP contribution is -2.26. The lowest BCUT2D eigenvalue weighted by molar-refractivity contribution is 0.459. The molecule has 1 aromatic rings. The molecule has 108 valence electrons. The summed E-state index contributed by atoms with van der Waals surface area (Å²) in [6.45, 7) is 4.01. The lowest BCUT2D eigenvalue weighted by atomic mass is 9.97. The molecule has 1 rings (SSSR count). The van der Waals surface area contributed by atoms with Gasteiger partial charge >= 0.3 is 0 Å². The molecule has 0 aliphatic carbocycles. The zero-order valence-electron chi connectivity index (χ0n) is 11.9. The van der Waals surface area contributed by atoms with Crippen LogP contribution in [0.3, 0.4) is 0 Å². The Bertz CT molecular complexity index is 442. The molecule has 0 saturated heterocycles. The zero-order chi connectivity index (χ0) is 14.1. The molecule has 0 amide bonds. The van der Waals surface area contributed by atoms with Crippen molar-refractivity contribution in [2.75, 3.05) is 25.1 Å². The maximum Gasteiger partial charge on any atom is 0.147 e. The topological polar surface area (TPSA) is 46.2 Å². The third kappa shape index (κ3) is 8.01. The van der Waals surface area contributed by atoms with Crippen LogP contribution in [0.5, 0.6) is 0 Å². The second kappa shape index (κ2) is 8.33. The molecule has 19 heavy (non-hydrogen) atoms. The zero-order valence-corrected chi connectivity index (χ0v) is 12.7. The summed E-state index contributed by atoms with van der Waals surface area (Å²) in [5, 5.41) is 3.40. The first-order chi connectivity index (χ1) is 9.01. The van der Waals surface area contributed by atoms with E-state index in [1.165, 1.54) is 11.8 Å². The van der Waals surface area contributed by atoms with Gasteiger partial charge in [0.25, 0.3) is 0 Å². The summed E-state index contributed by atoms with van der Waals surface area (Å²) in [7, 11) is -2.87. The van der Waals surface area contributed by atoms with E-state index in [0.717, 1.165) is 32.4 Å². The Labute approximate surface area is 117 Å². The molecule has 1 N–H and O–H groups in total. The molecule has 0 fully saturated rings. The maximum atomic E-state index is 11.3. The number of benzene rings is 1. The normalized spacial score (nSPS) is 13.4. The summed E-state index contributed by atoms with van der Waals surface area (Å²) in [5.41, 5.74) is 1.28. The third-order valence-electron chi connectivity index (χ3n) is 3.12. The van der Waals surface area contributed by atoms with Crippen LogP contribution in [0, 0.1) is 5.92 Å². The fourth-order valence-corrected chi connectivity index (χ4v) is 2.85. The van der Waals surface area contributed by atoms with Crippen molar-refractivity contribution in [3.63, 3.8) is 0 Å². The minimum Gasteiger partial charge on any atom is -0.316 e. The highest BCUT2D eigenvalue weighted by Crippen LogP contribution is 2.13. The van der Waals surface area contributed by atoms with E-state index in [1.54, 1.807) is 0 Å². The summed E-state index contributed by atoms with van der Waals surface area (Å²) < 4.78 is 22.6. The number of hydrogen-bond acceptors (Lipinski definition) is 3. The van der Waals surface area contributed by atoms with Crippen LogP contribution in [0.15, 0.2) is 30.3 Å². The van der Waals surface area contributed by atoms with Gasteiger partial charge in [0.15, 0.2) is 0 Å². The van der Waals surface area contributed by atoms with Crippen LogP contribution < -0.4 is 5.32 Å². The summed E-state index contributed by atoms with van der Waals surface area (Å²) in [4.78, 5) is 0. The van der Waals surface area contributed by atoms with E-state index in [1.807, 2.05) is 18.2 Å². The van der Waals surface area contributed by atoms with Crippen LogP contribution in [0.25, 0.3) is 0 Å². The molecule has 1 unspecified atom stereocenters. The van der Waals surface area contributed by atoms with E-state index >= 15 is 0 Å². The van der Waals surface area contributed by atoms with Crippen molar-refractivity contribution in [3.05, 3.63) is 35.9 Å². The number of rotatable bonds is 9. The van der Waals surface area contributed by atoms with E-state index in [9.17, 15) is 8.42 Å². The van der Waals surface area contributed by atoms with Crippen LogP contribution in [0.1, 0.15) is 25.3 Å². The van der Waals surface area contributed by atoms with E-state index < -0.39 is 9.84 Å². The van der Waals surface area contributed by atoms with E-state index in [4.69, 9.17) is 0 Å².